The van der Waals surface area contributed by atoms with Crippen molar-refractivity contribution in [2.24, 2.45) is 32.6 Å². The second-order valence-corrected chi connectivity index (χ2v) is 13.0. The molecule has 1 fully saturated rings. The Balaban J connectivity index is -0.000000219. The van der Waals surface area contributed by atoms with Crippen molar-refractivity contribution in [2.75, 3.05) is 26.2 Å². The summed E-state index contributed by atoms with van der Waals surface area (Å²) in [6.45, 7) is 39.5. The summed E-state index contributed by atoms with van der Waals surface area (Å²) in [4.78, 5) is 4.65. The van der Waals surface area contributed by atoms with Gasteiger partial charge < -0.3 is 16.0 Å². The van der Waals surface area contributed by atoms with Crippen molar-refractivity contribution in [3.8, 4) is 0 Å². The first kappa shape index (κ1) is 40.6. The van der Waals surface area contributed by atoms with Crippen LogP contribution in [0.1, 0.15) is 126 Å². The fourth-order valence-corrected chi connectivity index (χ4v) is 3.51. The van der Waals surface area contributed by atoms with E-state index in [2.05, 4.69) is 104 Å². The molecule has 2 rings (SSSR count). The molecule has 210 valence electrons. The van der Waals surface area contributed by atoms with Crippen LogP contribution < -0.4 is 16.0 Å². The predicted octanol–water partition coefficient (Wildman–Crippen LogP) is 8.03. The van der Waals surface area contributed by atoms with Gasteiger partial charge in [0.2, 0.25) is 0 Å². The van der Waals surface area contributed by atoms with Crippen LogP contribution in [-0.2, 0) is 0 Å². The highest BCUT2D eigenvalue weighted by Gasteiger charge is 2.33. The molecule has 0 aromatic carbocycles. The van der Waals surface area contributed by atoms with E-state index in [1.165, 1.54) is 0 Å². The molecule has 34 heavy (non-hydrogen) atoms. The molecule has 0 spiro atoms. The lowest BCUT2D eigenvalue weighted by Gasteiger charge is -2.43. The van der Waals surface area contributed by atoms with Gasteiger partial charge in [0, 0.05) is 49.6 Å². The molecule has 2 aliphatic rings. The quantitative estimate of drug-likeness (QED) is 0.325. The fourth-order valence-electron chi connectivity index (χ4n) is 3.51. The Labute approximate surface area is 218 Å². The minimum Gasteiger partial charge on any atom is -0.373 e. The average molecular weight is 487 g/mol. The van der Waals surface area contributed by atoms with Gasteiger partial charge in [0.15, 0.2) is 0 Å². The zero-order valence-corrected chi connectivity index (χ0v) is 25.0. The van der Waals surface area contributed by atoms with Gasteiger partial charge in [-0.3, -0.25) is 4.99 Å². The topological polar surface area (TPSA) is 48.5 Å². The zero-order valence-electron chi connectivity index (χ0n) is 25.0. The number of nitrogens with zero attached hydrogens (tertiary/aromatic N) is 1. The van der Waals surface area contributed by atoms with Gasteiger partial charge >= 0.3 is 0 Å². The molecule has 3 atom stereocenters. The lowest BCUT2D eigenvalue weighted by atomic mass is 9.79. The third-order valence-corrected chi connectivity index (χ3v) is 6.15. The molecule has 3 N–H and O–H groups in total. The monoisotopic (exact) mass is 487 g/mol. The Bertz CT molecular complexity index is 480. The molecular formula is C30H70N4. The molecule has 0 amide bonds. The van der Waals surface area contributed by atoms with Gasteiger partial charge in [-0.25, -0.2) is 0 Å². The lowest BCUT2D eigenvalue weighted by molar-refractivity contribution is 0.161. The van der Waals surface area contributed by atoms with Crippen LogP contribution in [0.15, 0.2) is 4.99 Å². The van der Waals surface area contributed by atoms with Crippen molar-refractivity contribution < 1.29 is 0 Å². The van der Waals surface area contributed by atoms with Gasteiger partial charge in [-0.15, -0.1) is 0 Å². The van der Waals surface area contributed by atoms with Gasteiger partial charge in [0.05, 0.1) is 0 Å². The fraction of sp³-hybridized carbons (Fsp3) is 0.967. The number of piperazine rings is 1. The third-order valence-electron chi connectivity index (χ3n) is 6.15. The highest BCUT2D eigenvalue weighted by molar-refractivity contribution is 5.87. The van der Waals surface area contributed by atoms with Crippen LogP contribution in [0.5, 0.6) is 0 Å². The van der Waals surface area contributed by atoms with Gasteiger partial charge in [-0.1, -0.05) is 126 Å². The molecule has 0 saturated carbocycles. The highest BCUT2D eigenvalue weighted by atomic mass is 15.1. The van der Waals surface area contributed by atoms with E-state index in [9.17, 15) is 0 Å². The second kappa shape index (κ2) is 17.0. The molecular weight excluding hydrogens is 416 g/mol. The standard InChI is InChI=1S/C12H26N2.C12H24N2.2C2H6.2CH4/c1-11(2,3)9-7-14-10(8-13-9)12(4,5)6;1-11(2,3)9-7-13-10(14-8-9)12(4,5)6;2*1-2;;/h9-10,13-14H,7-8H2,1-6H3;9H,7-8H2,1-6H3,(H,13,14);2*1-2H3;2*1H4. The van der Waals surface area contributed by atoms with Crippen LogP contribution >= 0.6 is 0 Å². The Hall–Kier alpha value is -0.610. The zero-order chi connectivity index (χ0) is 26.0. The van der Waals surface area contributed by atoms with Gasteiger partial charge in [0.25, 0.3) is 0 Å². The summed E-state index contributed by atoms with van der Waals surface area (Å²) in [6, 6.07) is 1.20. The van der Waals surface area contributed by atoms with E-state index in [4.69, 9.17) is 0 Å². The normalized spacial score (nSPS) is 22.8. The second-order valence-electron chi connectivity index (χ2n) is 13.0. The average Bonchev–Trinajstić information content (AvgIpc) is 2.69. The molecule has 0 radical (unpaired) electrons. The molecule has 2 heterocycles. The Morgan fingerprint density at radius 3 is 1.12 bits per heavy atom. The summed E-state index contributed by atoms with van der Waals surface area (Å²) in [5.41, 5.74) is 1.24. The van der Waals surface area contributed by atoms with E-state index < -0.39 is 0 Å². The summed E-state index contributed by atoms with van der Waals surface area (Å²) in [5.74, 6) is 1.83. The van der Waals surface area contributed by atoms with Gasteiger partial charge in [0.1, 0.15) is 5.84 Å². The molecule has 0 bridgehead atoms. The van der Waals surface area contributed by atoms with Crippen LogP contribution in [0, 0.1) is 27.6 Å². The Morgan fingerprint density at radius 1 is 0.588 bits per heavy atom. The van der Waals surface area contributed by atoms with Crippen molar-refractivity contribution in [3.63, 3.8) is 0 Å². The van der Waals surface area contributed by atoms with Crippen LogP contribution in [0.3, 0.4) is 0 Å². The van der Waals surface area contributed by atoms with Gasteiger partial charge in [-0.05, 0) is 16.2 Å². The van der Waals surface area contributed by atoms with Crippen molar-refractivity contribution in [2.45, 2.75) is 138 Å². The first-order valence-corrected chi connectivity index (χ1v) is 13.2. The van der Waals surface area contributed by atoms with Crippen molar-refractivity contribution in [3.05, 3.63) is 0 Å². The summed E-state index contributed by atoms with van der Waals surface area (Å²) in [7, 11) is 0. The number of amidine groups is 1. The van der Waals surface area contributed by atoms with Crippen LogP contribution in [0.25, 0.3) is 0 Å². The first-order valence-electron chi connectivity index (χ1n) is 13.2. The SMILES string of the molecule is C.C.CC.CC.CC(C)(C)C1=NCC(C(C)(C)C)CN1.CC(C)(C)C1CNC(C(C)(C)C)CN1. The number of hydrogen-bond donors (Lipinski definition) is 3. The van der Waals surface area contributed by atoms with Crippen LogP contribution in [-0.4, -0.2) is 44.1 Å². The molecule has 0 aromatic heterocycles. The maximum atomic E-state index is 4.65. The van der Waals surface area contributed by atoms with Crippen molar-refractivity contribution in [1.82, 2.24) is 16.0 Å². The van der Waals surface area contributed by atoms with Crippen molar-refractivity contribution >= 4 is 5.84 Å². The Morgan fingerprint density at radius 2 is 0.941 bits per heavy atom. The van der Waals surface area contributed by atoms with E-state index in [-0.39, 0.29) is 20.3 Å². The summed E-state index contributed by atoms with van der Waals surface area (Å²) < 4.78 is 0. The summed E-state index contributed by atoms with van der Waals surface area (Å²) in [6.07, 6.45) is 0. The third kappa shape index (κ3) is 15.4. The molecule has 0 aliphatic carbocycles. The molecule has 4 heteroatoms. The molecule has 0 aromatic rings. The number of aliphatic imine (C=N–C) groups is 1. The minimum atomic E-state index is 0. The molecule has 2 aliphatic heterocycles. The maximum absolute atomic E-state index is 4.65. The lowest BCUT2D eigenvalue weighted by Crippen LogP contribution is -2.61. The molecule has 3 unspecified atom stereocenters. The van der Waals surface area contributed by atoms with Crippen LogP contribution in [0.2, 0.25) is 0 Å². The Kier molecular flexibility index (Phi) is 20.2. The van der Waals surface area contributed by atoms with E-state index in [1.807, 2.05) is 27.7 Å². The number of nitrogens with one attached hydrogen (secondary N) is 3. The smallest absolute Gasteiger partial charge is 0.102 e. The minimum absolute atomic E-state index is 0. The van der Waals surface area contributed by atoms with Crippen molar-refractivity contribution in [1.29, 1.82) is 0 Å². The largest absolute Gasteiger partial charge is 0.373 e. The first-order chi connectivity index (χ1) is 14.4. The number of hydrogen-bond acceptors (Lipinski definition) is 4. The van der Waals surface area contributed by atoms with E-state index >= 15 is 0 Å². The maximum Gasteiger partial charge on any atom is 0.102 e. The van der Waals surface area contributed by atoms with E-state index in [0.717, 1.165) is 32.0 Å². The van der Waals surface area contributed by atoms with E-state index in [1.54, 1.807) is 0 Å². The molecule has 4 nitrogen and oxygen atoms in total. The molecule has 1 saturated heterocycles. The highest BCUT2D eigenvalue weighted by Crippen LogP contribution is 2.29. The van der Waals surface area contributed by atoms with Gasteiger partial charge in [-0.2, -0.15) is 0 Å². The summed E-state index contributed by atoms with van der Waals surface area (Å²) >= 11 is 0. The summed E-state index contributed by atoms with van der Waals surface area (Å²) in [5, 5.41) is 10.8. The van der Waals surface area contributed by atoms with Crippen LogP contribution in [0.4, 0.5) is 0 Å². The van der Waals surface area contributed by atoms with E-state index in [0.29, 0.717) is 34.2 Å². The number of rotatable bonds is 0. The predicted molar refractivity (Wildman–Crippen MR) is 161 cm³/mol.